The Morgan fingerprint density at radius 2 is 1.57 bits per heavy atom. The van der Waals surface area contributed by atoms with Crippen molar-refractivity contribution in [2.24, 2.45) is 23.7 Å². The van der Waals surface area contributed by atoms with Gasteiger partial charge in [0.15, 0.2) is 5.79 Å². The maximum atomic E-state index is 14.3. The molecule has 334 valence electrons. The number of methoxy groups -OCH3 is 2. The van der Waals surface area contributed by atoms with E-state index in [-0.39, 0.29) is 116 Å². The van der Waals surface area contributed by atoms with E-state index in [9.17, 15) is 19.8 Å². The van der Waals surface area contributed by atoms with Crippen molar-refractivity contribution in [3.8, 4) is 0 Å². The van der Waals surface area contributed by atoms with Crippen LogP contribution >= 0.6 is 0 Å². The second-order valence-corrected chi connectivity index (χ2v) is 20.0. The number of ketones is 1. The van der Waals surface area contributed by atoms with E-state index in [1.54, 1.807) is 14.2 Å². The highest BCUT2D eigenvalue weighted by Gasteiger charge is 2.73. The van der Waals surface area contributed by atoms with E-state index in [0.717, 1.165) is 62.5 Å². The number of hydrogen-bond donors (Lipinski definition) is 3. The highest BCUT2D eigenvalue weighted by atomic mass is 16.7. The van der Waals surface area contributed by atoms with Crippen LogP contribution in [0.3, 0.4) is 0 Å². The van der Waals surface area contributed by atoms with Gasteiger partial charge in [-0.15, -0.1) is 0 Å². The van der Waals surface area contributed by atoms with E-state index >= 15 is 0 Å². The lowest BCUT2D eigenvalue weighted by molar-refractivity contribution is -0.444. The van der Waals surface area contributed by atoms with Crippen LogP contribution in [-0.2, 0) is 52.2 Å². The summed E-state index contributed by atoms with van der Waals surface area (Å²) in [6.07, 6.45) is 5.83. The zero-order valence-corrected chi connectivity index (χ0v) is 35.4. The van der Waals surface area contributed by atoms with Crippen LogP contribution in [0.5, 0.6) is 0 Å². The predicted molar refractivity (Wildman–Crippen MR) is 214 cm³/mol. The van der Waals surface area contributed by atoms with Crippen LogP contribution in [0, 0.1) is 23.7 Å². The predicted octanol–water partition coefficient (Wildman–Crippen LogP) is 3.61. The number of amides is 1. The summed E-state index contributed by atoms with van der Waals surface area (Å²) in [5.41, 5.74) is 2.11. The van der Waals surface area contributed by atoms with Gasteiger partial charge in [0.2, 0.25) is 5.91 Å². The molecule has 10 saturated heterocycles. The van der Waals surface area contributed by atoms with Crippen LogP contribution in [0.1, 0.15) is 103 Å². The minimum absolute atomic E-state index is 0.0158. The van der Waals surface area contributed by atoms with Gasteiger partial charge in [0.05, 0.1) is 85.5 Å². The summed E-state index contributed by atoms with van der Waals surface area (Å²) in [6, 6.07) is 0. The van der Waals surface area contributed by atoms with Crippen molar-refractivity contribution in [2.75, 3.05) is 20.8 Å². The monoisotopic (exact) mass is 841 g/mol. The van der Waals surface area contributed by atoms with Crippen molar-refractivity contribution in [3.05, 3.63) is 24.3 Å². The van der Waals surface area contributed by atoms with E-state index < -0.39 is 42.4 Å². The largest absolute Gasteiger partial charge is 0.383 e. The minimum Gasteiger partial charge on any atom is -0.383 e. The van der Waals surface area contributed by atoms with Gasteiger partial charge in [0.25, 0.3) is 0 Å². The molecule has 3 unspecified atom stereocenters. The summed E-state index contributed by atoms with van der Waals surface area (Å²) in [7, 11) is 3.27. The summed E-state index contributed by atoms with van der Waals surface area (Å²) < 4.78 is 59.1. The normalized spacial score (nSPS) is 48.7. The molecule has 0 radical (unpaired) electrons. The van der Waals surface area contributed by atoms with Gasteiger partial charge in [-0.25, -0.2) is 0 Å². The number of hydrogen-bond acceptors (Lipinski definition) is 13. The van der Waals surface area contributed by atoms with Crippen molar-refractivity contribution < 1.29 is 62.4 Å². The molecular formula is C46H67NO13. The Morgan fingerprint density at radius 1 is 0.800 bits per heavy atom. The summed E-state index contributed by atoms with van der Waals surface area (Å²) >= 11 is 0. The minimum atomic E-state index is -1.39. The zero-order valence-electron chi connectivity index (χ0n) is 35.4. The second kappa shape index (κ2) is 17.0. The molecule has 3 N–H and O–H groups in total. The van der Waals surface area contributed by atoms with Gasteiger partial charge in [-0.05, 0) is 81.3 Å². The molecule has 13 bridgehead atoms. The van der Waals surface area contributed by atoms with Crippen molar-refractivity contribution in [1.82, 2.24) is 5.32 Å². The van der Waals surface area contributed by atoms with E-state index in [2.05, 4.69) is 18.5 Å². The molecular weight excluding hydrogens is 774 g/mol. The molecule has 12 rings (SSSR count). The number of Topliss-reactive ketones (excluding diaryl/α,β-unsaturated/α-hetero) is 1. The molecule has 0 spiro atoms. The Kier molecular flexibility index (Phi) is 11.9. The third kappa shape index (κ3) is 8.12. The van der Waals surface area contributed by atoms with Gasteiger partial charge in [-0.3, -0.25) is 9.59 Å². The molecule has 12 fully saturated rings. The summed E-state index contributed by atoms with van der Waals surface area (Å²) in [6.45, 7) is 9.06. The fraction of sp³-hybridized carbons (Fsp3) is 0.870. The molecule has 14 heteroatoms. The number of nitrogens with one attached hydrogen (secondary N) is 1. The number of aliphatic hydroxyl groups excluding tert-OH is 1. The Bertz CT molecular complexity index is 1640. The van der Waals surface area contributed by atoms with E-state index in [0.29, 0.717) is 38.5 Å². The van der Waals surface area contributed by atoms with Crippen LogP contribution in [-0.4, -0.2) is 146 Å². The first kappa shape index (κ1) is 42.1. The zero-order chi connectivity index (χ0) is 41.4. The first-order valence-electron chi connectivity index (χ1n) is 23.2. The number of fused-ring (bicyclic) bond motifs is 6. The summed E-state index contributed by atoms with van der Waals surface area (Å²) in [5.74, 6) is -1.71. The average Bonchev–Trinajstić information content (AvgIpc) is 3.93. The molecule has 0 aromatic carbocycles. The lowest BCUT2D eigenvalue weighted by Crippen LogP contribution is -2.81. The van der Waals surface area contributed by atoms with Crippen molar-refractivity contribution in [2.45, 2.75) is 206 Å². The summed E-state index contributed by atoms with van der Waals surface area (Å²) in [4.78, 5) is 27.0. The molecule has 60 heavy (non-hydrogen) atoms. The van der Waals surface area contributed by atoms with E-state index in [1.807, 2.05) is 0 Å². The number of aliphatic hydroxyl groups is 2. The molecule has 12 aliphatic rings. The molecule has 14 nitrogen and oxygen atoms in total. The molecule has 1 amide bonds. The van der Waals surface area contributed by atoms with Gasteiger partial charge in [-0.1, -0.05) is 13.2 Å². The van der Waals surface area contributed by atoms with Gasteiger partial charge in [-0.2, -0.15) is 0 Å². The van der Waals surface area contributed by atoms with Crippen LogP contribution < -0.4 is 5.32 Å². The molecule has 0 aromatic rings. The highest BCUT2D eigenvalue weighted by molar-refractivity contribution is 5.81. The molecule has 0 aromatic heterocycles. The maximum Gasteiger partial charge on any atom is 0.249 e. The third-order valence-corrected chi connectivity index (χ3v) is 16.1. The van der Waals surface area contributed by atoms with Crippen molar-refractivity contribution in [1.29, 1.82) is 0 Å². The lowest BCUT2D eigenvalue weighted by atomic mass is 9.56. The van der Waals surface area contributed by atoms with Gasteiger partial charge >= 0.3 is 0 Å². The Labute approximate surface area is 353 Å². The van der Waals surface area contributed by atoms with Crippen LogP contribution in [0.25, 0.3) is 0 Å². The fourth-order valence-electron chi connectivity index (χ4n) is 12.6. The van der Waals surface area contributed by atoms with Gasteiger partial charge in [0, 0.05) is 77.0 Å². The molecule has 10 aliphatic heterocycles. The highest BCUT2D eigenvalue weighted by Crippen LogP contribution is 2.61. The number of rotatable bonds is 8. The standard InChI is InChI=1S/C46H67NO13/c1-22-5-8-26-9-11-31-23(2)15-28(55-31)13-14-46(51)20-36-37-42-38(43(37)59-36)44(60-46)41-32(58-42)12-10-27(56-41)16-25(48)17-30-34(19-33(22)54-26)57-35(40(30)53-4)18-29(52-3)21-47-45(50)39(49)24-6-7-24/h24,26-44,49,51H,1-2,5-21H2,3-4H3,(H,47,50)/t26-,27-,28+,29+,30+,31+,32+,33-,34+,35-,36-,37+,38+,39?,40-,41+,42?,43?,44-,46+/m1/s1. The topological polar surface area (TPSA) is 170 Å². The molecule has 2 saturated carbocycles. The third-order valence-electron chi connectivity index (χ3n) is 16.1. The Morgan fingerprint density at radius 3 is 2.35 bits per heavy atom. The lowest BCUT2D eigenvalue weighted by Gasteiger charge is -2.70. The SMILES string of the molecule is C=C1C[C@@H]2CC[C@@]3(O)C[C@H]4OC5[C@@H]6C(O[C@H]7CC[C@H](CC(=O)C[C@@H]8[C@@H](OC)[C@@H](C[C@@H](CNC(=O)C(O)C9CC9)OC)O[C@H]8C[C@H]8O[C@H](CCC8=C)CC[C@@H]1O2)O[C@@H]7[C@@H]6O3)[C@@H]54. The first-order chi connectivity index (χ1) is 29.0. The quantitative estimate of drug-likeness (QED) is 0.304. The average molecular weight is 842 g/mol. The van der Waals surface area contributed by atoms with Crippen molar-refractivity contribution >= 4 is 11.7 Å². The first-order valence-corrected chi connectivity index (χ1v) is 23.2. The van der Waals surface area contributed by atoms with Gasteiger partial charge in [0.1, 0.15) is 18.0 Å². The number of carbonyl (C=O) groups is 2. The van der Waals surface area contributed by atoms with Crippen LogP contribution in [0.2, 0.25) is 0 Å². The Hall–Kier alpha value is -1.82. The molecule has 20 atom stereocenters. The smallest absolute Gasteiger partial charge is 0.249 e. The van der Waals surface area contributed by atoms with E-state index in [1.165, 1.54) is 0 Å². The van der Waals surface area contributed by atoms with Crippen molar-refractivity contribution in [3.63, 3.8) is 0 Å². The Balaban J connectivity index is 0.888. The van der Waals surface area contributed by atoms with Crippen LogP contribution in [0.15, 0.2) is 24.3 Å². The molecule has 10 heterocycles. The van der Waals surface area contributed by atoms with Crippen LogP contribution in [0.4, 0.5) is 0 Å². The fourth-order valence-corrected chi connectivity index (χ4v) is 12.6. The molecule has 2 aliphatic carbocycles. The maximum absolute atomic E-state index is 14.3. The van der Waals surface area contributed by atoms with Gasteiger partial charge < -0.3 is 58.2 Å². The second-order valence-electron chi connectivity index (χ2n) is 20.0. The van der Waals surface area contributed by atoms with E-state index in [4.69, 9.17) is 42.6 Å². The summed E-state index contributed by atoms with van der Waals surface area (Å²) in [5, 5.41) is 25.4. The number of ether oxygens (including phenoxy) is 9. The number of carbonyl (C=O) groups excluding carboxylic acids is 2.